The van der Waals surface area contributed by atoms with Crippen molar-refractivity contribution >= 4 is 23.4 Å². The average molecular weight is 441 g/mol. The minimum Gasteiger partial charge on any atom is -0.493 e. The lowest BCUT2D eigenvalue weighted by atomic mass is 10.2. The second-order valence-corrected chi connectivity index (χ2v) is 8.92. The van der Waals surface area contributed by atoms with Crippen LogP contribution in [0.1, 0.15) is 29.9 Å². The molecule has 7 heteroatoms. The number of aryl methyl sites for hydroxylation is 1. The number of H-pyrrole nitrogens is 1. The van der Waals surface area contributed by atoms with Crippen molar-refractivity contribution in [3.05, 3.63) is 72.1 Å². The molecule has 0 unspecified atom stereocenters. The summed E-state index contributed by atoms with van der Waals surface area (Å²) in [5.74, 6) is 1.68. The van der Waals surface area contributed by atoms with Crippen molar-refractivity contribution in [2.24, 2.45) is 0 Å². The number of carbonyl (C=O) groups excluding carboxylic acids is 1. The van der Waals surface area contributed by atoms with Gasteiger partial charge in [0.1, 0.15) is 12.3 Å². The van der Waals surface area contributed by atoms with Gasteiger partial charge in [-0.2, -0.15) is 0 Å². The summed E-state index contributed by atoms with van der Waals surface area (Å²) in [4.78, 5) is 16.7. The first-order chi connectivity index (χ1) is 14.8. The summed E-state index contributed by atoms with van der Waals surface area (Å²) in [6, 6.07) is 17.3. The zero-order valence-corrected chi connectivity index (χ0v) is 18.8. The average Bonchev–Trinajstić information content (AvgIpc) is 3.22. The van der Waals surface area contributed by atoms with Crippen LogP contribution in [-0.4, -0.2) is 41.1 Å². The molecule has 6 nitrogen and oxygen atoms in total. The highest BCUT2D eigenvalue weighted by atomic mass is 32.2. The Hall–Kier alpha value is -2.90. The van der Waals surface area contributed by atoms with Gasteiger partial charge in [0.25, 0.3) is 5.91 Å². The van der Waals surface area contributed by atoms with Gasteiger partial charge < -0.3 is 24.9 Å². The Kier molecular flexibility index (Phi) is 7.65. The van der Waals surface area contributed by atoms with E-state index >= 15 is 0 Å². The Morgan fingerprint density at radius 2 is 1.90 bits per heavy atom. The second kappa shape index (κ2) is 10.4. The SMILES string of the molecule is COc1cc(NC(=O)c2cc(SCCc3ccccc3)c[nH]2)ccc1OCC(C)(C)O. The molecule has 2 aromatic carbocycles. The van der Waals surface area contributed by atoms with Crippen molar-refractivity contribution in [2.75, 3.05) is 24.8 Å². The summed E-state index contributed by atoms with van der Waals surface area (Å²) in [6.45, 7) is 3.46. The van der Waals surface area contributed by atoms with Gasteiger partial charge in [-0.1, -0.05) is 30.3 Å². The lowest BCUT2D eigenvalue weighted by molar-refractivity contribution is 0.0276. The van der Waals surface area contributed by atoms with Crippen LogP contribution in [0.5, 0.6) is 11.5 Å². The highest BCUT2D eigenvalue weighted by Gasteiger charge is 2.16. The van der Waals surface area contributed by atoms with Crippen molar-refractivity contribution < 1.29 is 19.4 Å². The molecular formula is C24H28N2O4S. The molecule has 1 heterocycles. The predicted molar refractivity (Wildman–Crippen MR) is 124 cm³/mol. The minimum absolute atomic E-state index is 0.127. The summed E-state index contributed by atoms with van der Waals surface area (Å²) in [6.07, 6.45) is 2.82. The molecule has 3 aromatic rings. The Morgan fingerprint density at radius 1 is 1.13 bits per heavy atom. The molecule has 3 N–H and O–H groups in total. The first kappa shape index (κ1) is 22.8. The Morgan fingerprint density at radius 3 is 2.61 bits per heavy atom. The van der Waals surface area contributed by atoms with Gasteiger partial charge in [-0.25, -0.2) is 0 Å². The van der Waals surface area contributed by atoms with Gasteiger partial charge >= 0.3 is 0 Å². The van der Waals surface area contributed by atoms with Gasteiger partial charge in [-0.15, -0.1) is 11.8 Å². The third kappa shape index (κ3) is 7.08. The fourth-order valence-corrected chi connectivity index (χ4v) is 3.75. The molecule has 164 valence electrons. The van der Waals surface area contributed by atoms with Gasteiger partial charge in [0.05, 0.1) is 12.7 Å². The number of ether oxygens (including phenoxy) is 2. The van der Waals surface area contributed by atoms with Crippen LogP contribution >= 0.6 is 11.8 Å². The van der Waals surface area contributed by atoms with Crippen LogP contribution < -0.4 is 14.8 Å². The van der Waals surface area contributed by atoms with Crippen LogP contribution in [0.2, 0.25) is 0 Å². The van der Waals surface area contributed by atoms with E-state index in [4.69, 9.17) is 9.47 Å². The van der Waals surface area contributed by atoms with E-state index in [1.807, 2.05) is 30.5 Å². The molecule has 0 atom stereocenters. The first-order valence-corrected chi connectivity index (χ1v) is 11.0. The van der Waals surface area contributed by atoms with Crippen LogP contribution in [0.15, 0.2) is 65.7 Å². The van der Waals surface area contributed by atoms with Crippen LogP contribution in [0.4, 0.5) is 5.69 Å². The van der Waals surface area contributed by atoms with Crippen LogP contribution in [0.25, 0.3) is 0 Å². The van der Waals surface area contributed by atoms with Gasteiger partial charge in [0.15, 0.2) is 11.5 Å². The van der Waals surface area contributed by atoms with Crippen molar-refractivity contribution in [3.63, 3.8) is 0 Å². The number of aromatic nitrogens is 1. The van der Waals surface area contributed by atoms with Crippen LogP contribution in [-0.2, 0) is 6.42 Å². The molecule has 3 rings (SSSR count). The van der Waals surface area contributed by atoms with Crippen molar-refractivity contribution in [1.82, 2.24) is 4.98 Å². The van der Waals surface area contributed by atoms with E-state index in [-0.39, 0.29) is 12.5 Å². The van der Waals surface area contributed by atoms with E-state index in [2.05, 4.69) is 22.4 Å². The number of aliphatic hydroxyl groups is 1. The first-order valence-electron chi connectivity index (χ1n) is 10.0. The smallest absolute Gasteiger partial charge is 0.272 e. The number of hydrogen-bond donors (Lipinski definition) is 3. The quantitative estimate of drug-likeness (QED) is 0.396. The molecular weight excluding hydrogens is 412 g/mol. The van der Waals surface area contributed by atoms with Crippen LogP contribution in [0, 0.1) is 0 Å². The Balaban J connectivity index is 1.56. The summed E-state index contributed by atoms with van der Waals surface area (Å²) in [5.41, 5.74) is 1.42. The Bertz CT molecular complexity index is 996. The molecule has 31 heavy (non-hydrogen) atoms. The van der Waals surface area contributed by atoms with Gasteiger partial charge in [0, 0.05) is 28.6 Å². The second-order valence-electron chi connectivity index (χ2n) is 7.75. The number of benzene rings is 2. The maximum absolute atomic E-state index is 12.6. The molecule has 0 fully saturated rings. The number of nitrogens with one attached hydrogen (secondary N) is 2. The van der Waals surface area contributed by atoms with E-state index in [1.54, 1.807) is 43.8 Å². The third-order valence-electron chi connectivity index (χ3n) is 4.41. The van der Waals surface area contributed by atoms with Crippen molar-refractivity contribution in [1.29, 1.82) is 0 Å². The molecule has 0 aliphatic rings. The predicted octanol–water partition coefficient (Wildman–Crippen LogP) is 4.76. The summed E-state index contributed by atoms with van der Waals surface area (Å²) in [5, 5.41) is 12.7. The fourth-order valence-electron chi connectivity index (χ4n) is 2.84. The largest absolute Gasteiger partial charge is 0.493 e. The van der Waals surface area contributed by atoms with E-state index < -0.39 is 5.60 Å². The highest BCUT2D eigenvalue weighted by Crippen LogP contribution is 2.31. The summed E-state index contributed by atoms with van der Waals surface area (Å²) >= 11 is 1.71. The molecule has 0 spiro atoms. The number of thioether (sulfide) groups is 1. The summed E-state index contributed by atoms with van der Waals surface area (Å²) < 4.78 is 11.0. The number of carbonyl (C=O) groups is 1. The molecule has 1 amide bonds. The zero-order chi connectivity index (χ0) is 22.3. The molecule has 0 saturated heterocycles. The maximum atomic E-state index is 12.6. The van der Waals surface area contributed by atoms with Crippen LogP contribution in [0.3, 0.4) is 0 Å². The third-order valence-corrected chi connectivity index (χ3v) is 5.38. The summed E-state index contributed by atoms with van der Waals surface area (Å²) in [7, 11) is 1.53. The molecule has 0 aliphatic carbocycles. The molecule has 0 radical (unpaired) electrons. The number of aromatic amines is 1. The highest BCUT2D eigenvalue weighted by molar-refractivity contribution is 7.99. The molecule has 0 saturated carbocycles. The zero-order valence-electron chi connectivity index (χ0n) is 18.0. The lowest BCUT2D eigenvalue weighted by Gasteiger charge is -2.19. The standard InChI is InChI=1S/C24H28N2O4S/c1-24(2,28)16-30-21-10-9-18(13-22(21)29-3)26-23(27)20-14-19(15-25-20)31-12-11-17-7-5-4-6-8-17/h4-10,13-15,25,28H,11-12,16H2,1-3H3,(H,26,27). The van der Waals surface area contributed by atoms with E-state index in [0.29, 0.717) is 22.9 Å². The normalized spacial score (nSPS) is 11.2. The molecule has 0 bridgehead atoms. The van der Waals surface area contributed by atoms with E-state index in [0.717, 1.165) is 17.1 Å². The number of anilines is 1. The number of hydrogen-bond acceptors (Lipinski definition) is 5. The number of methoxy groups -OCH3 is 1. The van der Waals surface area contributed by atoms with Crippen molar-refractivity contribution in [2.45, 2.75) is 30.8 Å². The lowest BCUT2D eigenvalue weighted by Crippen LogP contribution is -2.28. The molecule has 1 aromatic heterocycles. The monoisotopic (exact) mass is 440 g/mol. The van der Waals surface area contributed by atoms with Gasteiger partial charge in [-0.05, 0) is 44.0 Å². The van der Waals surface area contributed by atoms with E-state index in [9.17, 15) is 9.90 Å². The van der Waals surface area contributed by atoms with Gasteiger partial charge in [0.2, 0.25) is 0 Å². The number of rotatable bonds is 10. The van der Waals surface area contributed by atoms with Crippen molar-refractivity contribution in [3.8, 4) is 11.5 Å². The van der Waals surface area contributed by atoms with Gasteiger partial charge in [-0.3, -0.25) is 4.79 Å². The van der Waals surface area contributed by atoms with E-state index in [1.165, 1.54) is 12.7 Å². The topological polar surface area (TPSA) is 83.6 Å². The minimum atomic E-state index is -0.956. The number of amides is 1. The maximum Gasteiger partial charge on any atom is 0.272 e. The Labute approximate surface area is 187 Å². The molecule has 0 aliphatic heterocycles. The fraction of sp³-hybridized carbons (Fsp3) is 0.292.